The molecule has 2 aromatic rings. The Morgan fingerprint density at radius 2 is 1.00 bits per heavy atom. The van der Waals surface area contributed by atoms with Gasteiger partial charge in [-0.05, 0) is 12.1 Å². The number of hydrazine groups is 1. The van der Waals surface area contributed by atoms with Crippen molar-refractivity contribution in [3.05, 3.63) is 59.4 Å². The van der Waals surface area contributed by atoms with Gasteiger partial charge in [0.25, 0.3) is 0 Å². The Balaban J connectivity index is 2.14. The lowest BCUT2D eigenvalue weighted by Gasteiger charge is -2.10. The third-order valence-electron chi connectivity index (χ3n) is 2.20. The summed E-state index contributed by atoms with van der Waals surface area (Å²) >= 11 is 0. The van der Waals surface area contributed by atoms with Crippen LogP contribution in [0.25, 0.3) is 0 Å². The van der Waals surface area contributed by atoms with Crippen LogP contribution in [-0.2, 0) is 0 Å². The summed E-state index contributed by atoms with van der Waals surface area (Å²) in [5.74, 6) is -5.99. The van der Waals surface area contributed by atoms with Crippen LogP contribution in [0.4, 0.5) is 33.3 Å². The molecule has 0 spiro atoms. The molecule has 0 aliphatic heterocycles. The molecule has 0 aliphatic carbocycles. The van der Waals surface area contributed by atoms with Gasteiger partial charge >= 0.3 is 0 Å². The summed E-state index contributed by atoms with van der Waals surface area (Å²) in [7, 11) is 0. The molecule has 0 radical (unpaired) electrons. The average molecular weight is 274 g/mol. The molecule has 100 valence electrons. The third-order valence-corrected chi connectivity index (χ3v) is 2.20. The molecule has 0 saturated carbocycles. The monoisotopic (exact) mass is 274 g/mol. The van der Waals surface area contributed by atoms with Crippen molar-refractivity contribution in [2.75, 3.05) is 10.9 Å². The van der Waals surface area contributed by atoms with Crippen LogP contribution in [0.2, 0.25) is 0 Å². The van der Waals surface area contributed by atoms with Gasteiger partial charge in [-0.15, -0.1) is 0 Å². The SMILES string of the molecule is Fc1cc(F)cc(NNc2cc(F)c(F)c(F)c2)c1. The maximum atomic E-state index is 12.9. The van der Waals surface area contributed by atoms with Crippen LogP contribution in [0.3, 0.4) is 0 Å². The molecule has 0 fully saturated rings. The van der Waals surface area contributed by atoms with Gasteiger partial charge in [0.05, 0.1) is 11.4 Å². The van der Waals surface area contributed by atoms with Crippen molar-refractivity contribution >= 4 is 11.4 Å². The molecule has 0 saturated heterocycles. The number of hydrogen-bond acceptors (Lipinski definition) is 2. The van der Waals surface area contributed by atoms with Gasteiger partial charge in [0, 0.05) is 18.2 Å². The van der Waals surface area contributed by atoms with E-state index in [2.05, 4.69) is 10.9 Å². The van der Waals surface area contributed by atoms with Crippen LogP contribution in [0.1, 0.15) is 0 Å². The van der Waals surface area contributed by atoms with E-state index in [4.69, 9.17) is 0 Å². The number of hydrogen-bond donors (Lipinski definition) is 2. The lowest BCUT2D eigenvalue weighted by atomic mass is 10.3. The van der Waals surface area contributed by atoms with Gasteiger partial charge in [-0.3, -0.25) is 0 Å². The molecule has 2 rings (SSSR count). The molecule has 0 aromatic heterocycles. The summed E-state index contributed by atoms with van der Waals surface area (Å²) in [6.45, 7) is 0. The second-order valence-electron chi connectivity index (χ2n) is 3.66. The standard InChI is InChI=1S/C12H7F5N2/c13-6-1-7(14)3-8(2-6)18-19-9-4-10(15)12(17)11(16)5-9/h1-5,18-19H. The summed E-state index contributed by atoms with van der Waals surface area (Å²) < 4.78 is 64.2. The Morgan fingerprint density at radius 3 is 1.47 bits per heavy atom. The van der Waals surface area contributed by atoms with E-state index in [9.17, 15) is 22.0 Å². The predicted molar refractivity (Wildman–Crippen MR) is 59.9 cm³/mol. The third kappa shape index (κ3) is 3.12. The maximum absolute atomic E-state index is 12.9. The zero-order chi connectivity index (χ0) is 14.0. The Morgan fingerprint density at radius 1 is 0.579 bits per heavy atom. The second-order valence-corrected chi connectivity index (χ2v) is 3.66. The van der Waals surface area contributed by atoms with Crippen LogP contribution in [0.5, 0.6) is 0 Å². The molecule has 19 heavy (non-hydrogen) atoms. The van der Waals surface area contributed by atoms with E-state index < -0.39 is 29.1 Å². The summed E-state index contributed by atoms with van der Waals surface area (Å²) in [4.78, 5) is 0. The van der Waals surface area contributed by atoms with E-state index in [0.717, 1.165) is 12.1 Å². The minimum Gasteiger partial charge on any atom is -0.301 e. The molecule has 0 unspecified atom stereocenters. The van der Waals surface area contributed by atoms with Crippen LogP contribution in [-0.4, -0.2) is 0 Å². The maximum Gasteiger partial charge on any atom is 0.194 e. The van der Waals surface area contributed by atoms with Gasteiger partial charge in [-0.1, -0.05) is 0 Å². The number of benzene rings is 2. The molecule has 0 heterocycles. The number of nitrogens with one attached hydrogen (secondary N) is 2. The molecular formula is C12H7F5N2. The van der Waals surface area contributed by atoms with E-state index in [-0.39, 0.29) is 11.4 Å². The molecule has 0 atom stereocenters. The van der Waals surface area contributed by atoms with E-state index in [1.165, 1.54) is 0 Å². The van der Waals surface area contributed by atoms with Crippen molar-refractivity contribution in [1.29, 1.82) is 0 Å². The highest BCUT2D eigenvalue weighted by Gasteiger charge is 2.10. The fourth-order valence-corrected chi connectivity index (χ4v) is 1.40. The quantitative estimate of drug-likeness (QED) is 0.505. The molecule has 0 aliphatic rings. The van der Waals surface area contributed by atoms with Crippen molar-refractivity contribution in [3.8, 4) is 0 Å². The highest BCUT2D eigenvalue weighted by Crippen LogP contribution is 2.18. The predicted octanol–water partition coefficient (Wildman–Crippen LogP) is 3.82. The Hall–Kier alpha value is -2.31. The topological polar surface area (TPSA) is 24.1 Å². The van der Waals surface area contributed by atoms with Gasteiger partial charge in [0.2, 0.25) is 0 Å². The van der Waals surface area contributed by atoms with Gasteiger partial charge in [0.15, 0.2) is 17.5 Å². The molecule has 0 amide bonds. The summed E-state index contributed by atoms with van der Waals surface area (Å²) in [6, 6.07) is 3.99. The van der Waals surface area contributed by atoms with Crippen LogP contribution < -0.4 is 10.9 Å². The first-order valence-electron chi connectivity index (χ1n) is 5.08. The highest BCUT2D eigenvalue weighted by atomic mass is 19.2. The van der Waals surface area contributed by atoms with Gasteiger partial charge < -0.3 is 10.9 Å². The van der Waals surface area contributed by atoms with Crippen LogP contribution >= 0.6 is 0 Å². The Kier molecular flexibility index (Phi) is 3.55. The second kappa shape index (κ2) is 5.13. The fourth-order valence-electron chi connectivity index (χ4n) is 1.40. The zero-order valence-corrected chi connectivity index (χ0v) is 9.28. The highest BCUT2D eigenvalue weighted by molar-refractivity contribution is 5.53. The van der Waals surface area contributed by atoms with Crippen molar-refractivity contribution < 1.29 is 22.0 Å². The lowest BCUT2D eigenvalue weighted by molar-refractivity contribution is 0.448. The minimum atomic E-state index is -1.60. The normalized spacial score (nSPS) is 10.4. The van der Waals surface area contributed by atoms with E-state index in [1.54, 1.807) is 0 Å². The molecule has 2 aromatic carbocycles. The van der Waals surface area contributed by atoms with E-state index in [0.29, 0.717) is 18.2 Å². The number of halogens is 5. The first-order valence-corrected chi connectivity index (χ1v) is 5.08. The van der Waals surface area contributed by atoms with Gasteiger partial charge in [-0.2, -0.15) is 0 Å². The Labute approximate surface area is 104 Å². The average Bonchev–Trinajstić information content (AvgIpc) is 2.32. The lowest BCUT2D eigenvalue weighted by Crippen LogP contribution is -2.10. The van der Waals surface area contributed by atoms with Crippen LogP contribution in [0, 0.1) is 29.1 Å². The van der Waals surface area contributed by atoms with E-state index >= 15 is 0 Å². The number of rotatable bonds is 3. The largest absolute Gasteiger partial charge is 0.301 e. The summed E-state index contributed by atoms with van der Waals surface area (Å²) in [6.07, 6.45) is 0. The summed E-state index contributed by atoms with van der Waals surface area (Å²) in [5, 5.41) is 0. The van der Waals surface area contributed by atoms with Crippen molar-refractivity contribution in [1.82, 2.24) is 0 Å². The first-order chi connectivity index (χ1) is 8.95. The Bertz CT molecular complexity index is 572. The summed E-state index contributed by atoms with van der Waals surface area (Å²) in [5.41, 5.74) is 4.49. The smallest absolute Gasteiger partial charge is 0.194 e. The van der Waals surface area contributed by atoms with Gasteiger partial charge in [-0.25, -0.2) is 22.0 Å². The van der Waals surface area contributed by atoms with Gasteiger partial charge in [0.1, 0.15) is 11.6 Å². The molecular weight excluding hydrogens is 267 g/mol. The minimum absolute atomic E-state index is 0.00245. The number of anilines is 2. The van der Waals surface area contributed by atoms with Crippen molar-refractivity contribution in [2.24, 2.45) is 0 Å². The van der Waals surface area contributed by atoms with Crippen molar-refractivity contribution in [2.45, 2.75) is 0 Å². The molecule has 7 heteroatoms. The fraction of sp³-hybridized carbons (Fsp3) is 0. The van der Waals surface area contributed by atoms with Crippen LogP contribution in [0.15, 0.2) is 30.3 Å². The van der Waals surface area contributed by atoms with E-state index in [1.807, 2.05) is 0 Å². The molecule has 0 bridgehead atoms. The van der Waals surface area contributed by atoms with Crippen molar-refractivity contribution in [3.63, 3.8) is 0 Å². The first kappa shape index (κ1) is 13.1. The molecule has 2 N–H and O–H groups in total. The zero-order valence-electron chi connectivity index (χ0n) is 9.28. The molecule has 2 nitrogen and oxygen atoms in total.